The first-order chi connectivity index (χ1) is 17.5. The molecular formula is C27H35N3O6. The smallest absolute Gasteiger partial charge is 0.406 e. The Morgan fingerprint density at radius 3 is 1.86 bits per heavy atom. The number of amides is 3. The summed E-state index contributed by atoms with van der Waals surface area (Å²) in [4.78, 5) is 36.4. The topological polar surface area (TPSA) is 115 Å². The van der Waals surface area contributed by atoms with Gasteiger partial charge in [-0.05, 0) is 59.4 Å². The predicted octanol–water partition coefficient (Wildman–Crippen LogP) is 4.28. The number of fused-ring (bicyclic) bond motifs is 3. The summed E-state index contributed by atoms with van der Waals surface area (Å²) < 4.78 is 16.1. The molecule has 0 radical (unpaired) electrons. The van der Waals surface area contributed by atoms with Crippen LogP contribution in [0.1, 0.15) is 50.2 Å². The molecule has 0 spiro atoms. The van der Waals surface area contributed by atoms with Gasteiger partial charge in [0.15, 0.2) is 0 Å². The van der Waals surface area contributed by atoms with Crippen LogP contribution in [-0.2, 0) is 23.8 Å². The summed E-state index contributed by atoms with van der Waals surface area (Å²) in [6, 6.07) is 11.4. The van der Waals surface area contributed by atoms with Crippen molar-refractivity contribution in [3.05, 3.63) is 47.5 Å². The Hall–Kier alpha value is -3.43. The fourth-order valence-corrected chi connectivity index (χ4v) is 4.04. The second kappa shape index (κ2) is 13.6. The van der Waals surface area contributed by atoms with Crippen molar-refractivity contribution in [2.75, 3.05) is 50.7 Å². The molecule has 0 aliphatic heterocycles. The van der Waals surface area contributed by atoms with Gasteiger partial charge in [-0.3, -0.25) is 9.59 Å². The van der Waals surface area contributed by atoms with E-state index in [1.165, 1.54) is 7.05 Å². The second-order valence-corrected chi connectivity index (χ2v) is 8.56. The Bertz CT molecular complexity index is 1070. The molecule has 0 aromatic heterocycles. The highest BCUT2D eigenvalue weighted by Crippen LogP contribution is 2.46. The number of benzene rings is 2. The second-order valence-electron chi connectivity index (χ2n) is 8.56. The SMILES string of the molecule is CCCCOCC(=O)Nc1ccc2c(c1)C(COC(=O)NC)c1cc(NC(=O)COCCC)ccc1-2. The molecule has 9 heteroatoms. The van der Waals surface area contributed by atoms with Crippen molar-refractivity contribution in [1.82, 2.24) is 5.32 Å². The van der Waals surface area contributed by atoms with Gasteiger partial charge >= 0.3 is 6.09 Å². The van der Waals surface area contributed by atoms with Gasteiger partial charge in [-0.25, -0.2) is 4.79 Å². The number of hydrogen-bond acceptors (Lipinski definition) is 6. The third kappa shape index (κ3) is 7.29. The number of nitrogens with one attached hydrogen (secondary N) is 3. The Balaban J connectivity index is 1.79. The molecule has 1 aliphatic rings. The molecule has 9 nitrogen and oxygen atoms in total. The maximum atomic E-state index is 12.3. The molecule has 1 unspecified atom stereocenters. The van der Waals surface area contributed by atoms with Gasteiger partial charge in [0.05, 0.1) is 0 Å². The van der Waals surface area contributed by atoms with E-state index in [1.807, 2.05) is 43.3 Å². The lowest BCUT2D eigenvalue weighted by Gasteiger charge is -2.16. The van der Waals surface area contributed by atoms with Crippen molar-refractivity contribution in [1.29, 1.82) is 0 Å². The zero-order chi connectivity index (χ0) is 25.9. The first-order valence-corrected chi connectivity index (χ1v) is 12.3. The summed E-state index contributed by atoms with van der Waals surface area (Å²) in [5.41, 5.74) is 5.08. The quantitative estimate of drug-likeness (QED) is 0.356. The van der Waals surface area contributed by atoms with Gasteiger partial charge in [0.2, 0.25) is 11.8 Å². The average molecular weight is 498 g/mol. The van der Waals surface area contributed by atoms with Gasteiger partial charge in [-0.2, -0.15) is 0 Å². The highest BCUT2D eigenvalue weighted by atomic mass is 16.5. The van der Waals surface area contributed by atoms with Crippen LogP contribution in [0.15, 0.2) is 36.4 Å². The van der Waals surface area contributed by atoms with Gasteiger partial charge < -0.3 is 30.2 Å². The van der Waals surface area contributed by atoms with Crippen LogP contribution in [0.3, 0.4) is 0 Å². The number of unbranched alkanes of at least 4 members (excludes halogenated alkanes) is 1. The fraction of sp³-hybridized carbons (Fsp3) is 0.444. The molecule has 3 amide bonds. The Morgan fingerprint density at radius 2 is 1.36 bits per heavy atom. The molecule has 194 valence electrons. The van der Waals surface area contributed by atoms with Crippen molar-refractivity contribution in [2.45, 2.75) is 39.0 Å². The van der Waals surface area contributed by atoms with Crippen molar-refractivity contribution in [3.63, 3.8) is 0 Å². The largest absolute Gasteiger partial charge is 0.449 e. The summed E-state index contributed by atoms with van der Waals surface area (Å²) in [5.74, 6) is -0.726. The summed E-state index contributed by atoms with van der Waals surface area (Å²) in [7, 11) is 1.50. The molecule has 0 saturated carbocycles. The molecule has 0 bridgehead atoms. The van der Waals surface area contributed by atoms with Crippen LogP contribution in [0.2, 0.25) is 0 Å². The van der Waals surface area contributed by atoms with Crippen LogP contribution in [0.25, 0.3) is 11.1 Å². The van der Waals surface area contributed by atoms with Crippen LogP contribution in [-0.4, -0.2) is 58.0 Å². The Labute approximate surface area is 211 Å². The minimum absolute atomic E-state index is 0.00838. The van der Waals surface area contributed by atoms with E-state index >= 15 is 0 Å². The minimum atomic E-state index is -0.531. The average Bonchev–Trinajstić information content (AvgIpc) is 3.17. The van der Waals surface area contributed by atoms with Gasteiger partial charge in [0, 0.05) is 37.6 Å². The van der Waals surface area contributed by atoms with Crippen LogP contribution >= 0.6 is 0 Å². The van der Waals surface area contributed by atoms with Gasteiger partial charge in [0.25, 0.3) is 0 Å². The molecule has 1 aliphatic carbocycles. The maximum Gasteiger partial charge on any atom is 0.406 e. The molecular weight excluding hydrogens is 462 g/mol. The number of carbonyl (C=O) groups excluding carboxylic acids is 3. The van der Waals surface area contributed by atoms with E-state index < -0.39 is 6.09 Å². The first kappa shape index (κ1) is 27.2. The summed E-state index contributed by atoms with van der Waals surface area (Å²) in [5, 5.41) is 8.21. The molecule has 3 N–H and O–H groups in total. The number of carbonyl (C=O) groups is 3. The first-order valence-electron chi connectivity index (χ1n) is 12.3. The zero-order valence-corrected chi connectivity index (χ0v) is 21.1. The third-order valence-electron chi connectivity index (χ3n) is 5.75. The summed E-state index contributed by atoms with van der Waals surface area (Å²) in [6.45, 7) is 5.20. The lowest BCUT2D eigenvalue weighted by atomic mass is 9.97. The summed E-state index contributed by atoms with van der Waals surface area (Å²) >= 11 is 0. The third-order valence-corrected chi connectivity index (χ3v) is 5.75. The predicted molar refractivity (Wildman–Crippen MR) is 138 cm³/mol. The molecule has 36 heavy (non-hydrogen) atoms. The molecule has 0 fully saturated rings. The van der Waals surface area contributed by atoms with Crippen LogP contribution in [0.5, 0.6) is 0 Å². The monoisotopic (exact) mass is 497 g/mol. The van der Waals surface area contributed by atoms with Gasteiger partial charge in [0.1, 0.15) is 19.8 Å². The normalized spacial score (nSPS) is 13.5. The van der Waals surface area contributed by atoms with Crippen molar-refractivity contribution < 1.29 is 28.6 Å². The number of anilines is 2. The van der Waals surface area contributed by atoms with Crippen molar-refractivity contribution in [3.8, 4) is 11.1 Å². The molecule has 2 aromatic carbocycles. The van der Waals surface area contributed by atoms with E-state index in [-0.39, 0.29) is 37.6 Å². The number of rotatable bonds is 13. The lowest BCUT2D eigenvalue weighted by Crippen LogP contribution is -2.22. The van der Waals surface area contributed by atoms with E-state index in [0.29, 0.717) is 24.6 Å². The van der Waals surface area contributed by atoms with E-state index in [9.17, 15) is 14.4 Å². The van der Waals surface area contributed by atoms with E-state index in [1.54, 1.807) is 0 Å². The Kier molecular flexibility index (Phi) is 10.3. The number of hydrogen-bond donors (Lipinski definition) is 3. The van der Waals surface area contributed by atoms with Crippen LogP contribution in [0, 0.1) is 0 Å². The molecule has 3 rings (SSSR count). The zero-order valence-electron chi connectivity index (χ0n) is 21.1. The van der Waals surface area contributed by atoms with Crippen molar-refractivity contribution in [2.24, 2.45) is 0 Å². The van der Waals surface area contributed by atoms with Gasteiger partial charge in [-0.1, -0.05) is 32.4 Å². The van der Waals surface area contributed by atoms with E-state index in [0.717, 1.165) is 41.5 Å². The van der Waals surface area contributed by atoms with Crippen molar-refractivity contribution >= 4 is 29.3 Å². The van der Waals surface area contributed by atoms with Crippen LogP contribution in [0.4, 0.5) is 16.2 Å². The van der Waals surface area contributed by atoms with Crippen LogP contribution < -0.4 is 16.0 Å². The molecule has 2 aromatic rings. The summed E-state index contributed by atoms with van der Waals surface area (Å²) in [6.07, 6.45) is 2.22. The molecule has 1 atom stereocenters. The molecule has 0 saturated heterocycles. The highest BCUT2D eigenvalue weighted by molar-refractivity contribution is 5.94. The van der Waals surface area contributed by atoms with Gasteiger partial charge in [-0.15, -0.1) is 0 Å². The maximum absolute atomic E-state index is 12.3. The minimum Gasteiger partial charge on any atom is -0.449 e. The van der Waals surface area contributed by atoms with E-state index in [2.05, 4.69) is 22.9 Å². The lowest BCUT2D eigenvalue weighted by molar-refractivity contribution is -0.121. The molecule has 0 heterocycles. The van der Waals surface area contributed by atoms with E-state index in [4.69, 9.17) is 14.2 Å². The number of alkyl carbamates (subject to hydrolysis) is 1. The highest BCUT2D eigenvalue weighted by Gasteiger charge is 2.30. The fourth-order valence-electron chi connectivity index (χ4n) is 4.04. The Morgan fingerprint density at radius 1 is 0.806 bits per heavy atom. The number of ether oxygens (including phenoxy) is 3. The standard InChI is InChI=1S/C27H35N3O6/c1-4-6-12-35-17-26(32)30-19-8-10-21-20-9-7-18(29-25(31)16-34-11-5-2)13-22(20)24(23(21)14-19)15-36-27(33)28-3/h7-10,13-14,24H,4-6,11-12,15-17H2,1-3H3,(H,28,33)(H,29,31)(H,30,32).